The van der Waals surface area contributed by atoms with E-state index in [2.05, 4.69) is 48.9 Å². The minimum atomic E-state index is -4.72. The van der Waals surface area contributed by atoms with Gasteiger partial charge in [-0.15, -0.1) is 0 Å². The number of ketones is 2. The summed E-state index contributed by atoms with van der Waals surface area (Å²) in [6, 6.07) is 20.2. The van der Waals surface area contributed by atoms with Gasteiger partial charge in [0, 0.05) is 64.2 Å². The van der Waals surface area contributed by atoms with Crippen molar-refractivity contribution in [2.75, 3.05) is 63.2 Å². The summed E-state index contributed by atoms with van der Waals surface area (Å²) in [4.78, 5) is 47.7. The van der Waals surface area contributed by atoms with Crippen molar-refractivity contribution in [3.05, 3.63) is 99.7 Å². The first kappa shape index (κ1) is 56.4. The largest absolute Gasteiger partial charge is 0.474 e. The number of hydrogen-bond acceptors (Lipinski definition) is 14. The Hall–Kier alpha value is -5.93. The molecule has 14 nitrogen and oxygen atoms in total. The topological polar surface area (TPSA) is 176 Å². The molecular formula is C52H61ClF6N10O4. The Kier molecular flexibility index (Phi) is 20.3. The van der Waals surface area contributed by atoms with Crippen LogP contribution in [-0.4, -0.2) is 124 Å². The molecule has 4 saturated heterocycles. The summed E-state index contributed by atoms with van der Waals surface area (Å²) in [6.07, 6.45) is -0.561. The summed E-state index contributed by atoms with van der Waals surface area (Å²) in [5.41, 5.74) is 3.22. The first-order chi connectivity index (χ1) is 34.8. The fourth-order valence-corrected chi connectivity index (χ4v) is 9.38. The summed E-state index contributed by atoms with van der Waals surface area (Å²) in [6.45, 7) is 4.62. The van der Waals surface area contributed by atoms with Gasteiger partial charge in [-0.05, 0) is 127 Å². The maximum absolute atomic E-state index is 13.6. The zero-order chi connectivity index (χ0) is 52.7. The average molecular weight is 1040 g/mol. The van der Waals surface area contributed by atoms with Crippen LogP contribution in [0.5, 0.6) is 5.88 Å². The molecule has 4 fully saturated rings. The number of carbonyl (C=O) groups excluding carboxylic acids is 2. The highest BCUT2D eigenvalue weighted by atomic mass is 35.5. The van der Waals surface area contributed by atoms with E-state index in [0.717, 1.165) is 50.1 Å². The molecule has 0 radical (unpaired) electrons. The number of aryl methyl sites for hydroxylation is 2. The third-order valence-corrected chi connectivity index (χ3v) is 13.5. The first-order valence-electron chi connectivity index (χ1n) is 24.7. The van der Waals surface area contributed by atoms with E-state index in [1.165, 1.54) is 12.1 Å². The molecule has 0 saturated carbocycles. The van der Waals surface area contributed by atoms with Crippen molar-refractivity contribution in [3.63, 3.8) is 0 Å². The molecule has 2 aromatic carbocycles. The van der Waals surface area contributed by atoms with Gasteiger partial charge in [-0.3, -0.25) is 9.59 Å². The lowest BCUT2D eigenvalue weighted by Crippen LogP contribution is -2.37. The fraction of sp³-hybridized carbons (Fsp3) is 0.538. The number of aliphatic hydroxyl groups is 1. The van der Waals surface area contributed by atoms with Crippen LogP contribution in [0.25, 0.3) is 0 Å². The normalized spacial score (nSPS) is 19.0. The Balaban J connectivity index is 0.000000210. The minimum absolute atomic E-state index is 0.00824. The molecule has 392 valence electrons. The lowest BCUT2D eigenvalue weighted by molar-refractivity contribution is -0.145. The fourth-order valence-electron chi connectivity index (χ4n) is 9.21. The molecule has 21 heteroatoms. The number of hydrogen-bond donors (Lipinski definition) is 1. The van der Waals surface area contributed by atoms with Crippen LogP contribution in [0.3, 0.4) is 0 Å². The number of ether oxygens (including phenoxy) is 1. The zero-order valence-corrected chi connectivity index (χ0v) is 41.8. The molecule has 2 aromatic heterocycles. The number of nitrogens with zero attached hydrogens (tertiary/aromatic N) is 10. The second-order valence-electron chi connectivity index (χ2n) is 18.9. The molecule has 4 aromatic rings. The van der Waals surface area contributed by atoms with Crippen molar-refractivity contribution in [1.82, 2.24) is 29.7 Å². The van der Waals surface area contributed by atoms with E-state index >= 15 is 0 Å². The Morgan fingerprint density at radius 2 is 1.07 bits per heavy atom. The van der Waals surface area contributed by atoms with Gasteiger partial charge in [-0.1, -0.05) is 35.9 Å². The van der Waals surface area contributed by atoms with E-state index in [9.17, 15) is 35.9 Å². The SMILES string of the molecule is CN1CCC(O)CC1.CN1CCC(Oc2cc(N3CCC[C@H]3C(=O)CCCc3ccc(C#N)cc3)nc(C(F)(F)F)n2)CC1.N#Cc1ccc(CCCC(=O)[C@@H]2CCCN2c2cc(Cl)nc(C(F)(F)F)n2)cc1. The molecule has 1 N–H and O–H groups in total. The molecule has 4 aliphatic heterocycles. The number of alkyl halides is 6. The molecule has 0 unspecified atom stereocenters. The van der Waals surface area contributed by atoms with Crippen LogP contribution < -0.4 is 14.5 Å². The van der Waals surface area contributed by atoms with Gasteiger partial charge < -0.3 is 29.4 Å². The number of nitriles is 2. The molecule has 0 bridgehead atoms. The number of Topliss-reactive ketones (excluding diaryl/α,β-unsaturated/α-hetero) is 2. The second kappa shape index (κ2) is 26.3. The third-order valence-electron chi connectivity index (χ3n) is 13.3. The van der Waals surface area contributed by atoms with Crippen LogP contribution >= 0.6 is 11.6 Å². The molecule has 2 atom stereocenters. The van der Waals surface area contributed by atoms with Crippen molar-refractivity contribution in [3.8, 4) is 18.0 Å². The van der Waals surface area contributed by atoms with Crippen LogP contribution in [0.2, 0.25) is 5.15 Å². The minimum Gasteiger partial charge on any atom is -0.474 e. The van der Waals surface area contributed by atoms with Crippen molar-refractivity contribution >= 4 is 34.8 Å². The van der Waals surface area contributed by atoms with Gasteiger partial charge in [0.15, 0.2) is 11.6 Å². The zero-order valence-electron chi connectivity index (χ0n) is 41.0. The molecular weight excluding hydrogens is 978 g/mol. The van der Waals surface area contributed by atoms with Crippen molar-refractivity contribution < 1.29 is 45.8 Å². The Bertz CT molecular complexity index is 2510. The summed E-state index contributed by atoms with van der Waals surface area (Å²) in [5, 5.41) is 26.4. The first-order valence-corrected chi connectivity index (χ1v) is 25.0. The van der Waals surface area contributed by atoms with Crippen LogP contribution in [-0.2, 0) is 34.8 Å². The number of likely N-dealkylation sites (tertiary alicyclic amines) is 2. The molecule has 8 rings (SSSR count). The molecule has 0 spiro atoms. The van der Waals surface area contributed by atoms with Gasteiger partial charge in [-0.2, -0.15) is 41.9 Å². The van der Waals surface area contributed by atoms with Crippen molar-refractivity contribution in [2.45, 2.75) is 127 Å². The maximum Gasteiger partial charge on any atom is 0.451 e. The third kappa shape index (κ3) is 17.1. The molecule has 6 heterocycles. The number of aliphatic hydroxyl groups excluding tert-OH is 1. The molecule has 0 aliphatic carbocycles. The number of rotatable bonds is 14. The number of carbonyl (C=O) groups is 2. The van der Waals surface area contributed by atoms with Crippen LogP contribution in [0.4, 0.5) is 38.0 Å². The number of anilines is 2. The van der Waals surface area contributed by atoms with Gasteiger partial charge in [-0.25, -0.2) is 15.0 Å². The van der Waals surface area contributed by atoms with E-state index < -0.39 is 36.1 Å². The summed E-state index contributed by atoms with van der Waals surface area (Å²) >= 11 is 5.75. The Labute approximate surface area is 426 Å². The maximum atomic E-state index is 13.6. The van der Waals surface area contributed by atoms with Crippen molar-refractivity contribution in [1.29, 1.82) is 10.5 Å². The smallest absolute Gasteiger partial charge is 0.451 e. The standard InChI is InChI=1S/C26H30F3N5O2.C20H18ClF3N4O.C6H13NO/c1-33-14-11-20(12-15-33)36-24-16-23(31-25(32-24)26(27,28)29)34-13-3-5-21(34)22(35)6-2-4-18-7-9-19(17-30)10-8-18;21-17-11-18(27-19(26-17)20(22,23)24)28-10-2-4-15(28)16(29)5-1-3-13-6-8-14(12-25)9-7-13;1-7-4-2-6(8)3-5-7/h7-10,16,20-21H,2-6,11-15H2,1H3;6-9,11,15H,1-5,10H2;6,8H,2-5H2,1H3/t21-;15-;/m00./s1. The predicted octanol–water partition coefficient (Wildman–Crippen LogP) is 9.06. The van der Waals surface area contributed by atoms with Gasteiger partial charge in [0.05, 0.1) is 41.5 Å². The predicted molar refractivity (Wildman–Crippen MR) is 262 cm³/mol. The highest BCUT2D eigenvalue weighted by Gasteiger charge is 2.40. The highest BCUT2D eigenvalue weighted by molar-refractivity contribution is 6.29. The lowest BCUT2D eigenvalue weighted by Gasteiger charge is -2.30. The number of piperidine rings is 2. The lowest BCUT2D eigenvalue weighted by atomic mass is 10.0. The monoisotopic (exact) mass is 1040 g/mol. The Morgan fingerprint density at radius 1 is 0.644 bits per heavy atom. The second-order valence-corrected chi connectivity index (χ2v) is 19.3. The number of aromatic nitrogens is 4. The van der Waals surface area contributed by atoms with Crippen LogP contribution in [0.15, 0.2) is 60.7 Å². The van der Waals surface area contributed by atoms with Gasteiger partial charge in [0.2, 0.25) is 17.5 Å². The quantitative estimate of drug-likeness (QED) is 0.0935. The van der Waals surface area contributed by atoms with Crippen molar-refractivity contribution in [2.24, 2.45) is 0 Å². The van der Waals surface area contributed by atoms with E-state index in [-0.39, 0.29) is 46.4 Å². The van der Waals surface area contributed by atoms with E-state index in [1.54, 1.807) is 34.1 Å². The molecule has 73 heavy (non-hydrogen) atoms. The summed E-state index contributed by atoms with van der Waals surface area (Å²) in [5.74, 6) is -2.57. The molecule has 0 amide bonds. The number of halogens is 7. The van der Waals surface area contributed by atoms with E-state index in [1.807, 2.05) is 31.3 Å². The van der Waals surface area contributed by atoms with Crippen LogP contribution in [0, 0.1) is 22.7 Å². The average Bonchev–Trinajstić information content (AvgIpc) is 4.08. The summed E-state index contributed by atoms with van der Waals surface area (Å²) < 4.78 is 85.6. The van der Waals surface area contributed by atoms with Gasteiger partial charge >= 0.3 is 12.4 Å². The van der Waals surface area contributed by atoms with Gasteiger partial charge in [0.25, 0.3) is 0 Å². The van der Waals surface area contributed by atoms with E-state index in [0.29, 0.717) is 101 Å². The molecule has 4 aliphatic rings. The van der Waals surface area contributed by atoms with E-state index in [4.69, 9.17) is 32.0 Å². The van der Waals surface area contributed by atoms with Crippen LogP contribution in [0.1, 0.15) is 111 Å². The number of benzene rings is 2. The van der Waals surface area contributed by atoms with Gasteiger partial charge in [0.1, 0.15) is 22.9 Å². The summed E-state index contributed by atoms with van der Waals surface area (Å²) in [7, 11) is 4.08. The highest BCUT2D eigenvalue weighted by Crippen LogP contribution is 2.35. The Morgan fingerprint density at radius 3 is 1.49 bits per heavy atom.